The van der Waals surface area contributed by atoms with E-state index in [-0.39, 0.29) is 18.1 Å². The average molecular weight is 247 g/mol. The van der Waals surface area contributed by atoms with Crippen molar-refractivity contribution in [3.8, 4) is 0 Å². The first-order valence-electron chi connectivity index (χ1n) is 6.18. The zero-order valence-corrected chi connectivity index (χ0v) is 11.2. The zero-order chi connectivity index (χ0) is 13.4. The number of rotatable bonds is 6. The molecule has 0 radical (unpaired) electrons. The summed E-state index contributed by atoms with van der Waals surface area (Å²) in [6.45, 7) is 4.03. The van der Waals surface area contributed by atoms with Crippen LogP contribution in [0.15, 0.2) is 42.5 Å². The lowest BCUT2D eigenvalue weighted by molar-refractivity contribution is -0.140. The van der Waals surface area contributed by atoms with Crippen molar-refractivity contribution in [2.45, 2.75) is 32.4 Å². The molecule has 0 fully saturated rings. The topological polar surface area (TPSA) is 38.3 Å². The Hall–Kier alpha value is -1.61. The predicted octanol–water partition coefficient (Wildman–Crippen LogP) is 2.85. The van der Waals surface area contributed by atoms with Crippen molar-refractivity contribution < 1.29 is 9.53 Å². The van der Waals surface area contributed by atoms with Gasteiger partial charge in [-0.05, 0) is 19.4 Å². The summed E-state index contributed by atoms with van der Waals surface area (Å²) in [6.07, 6.45) is 4.27. The van der Waals surface area contributed by atoms with Gasteiger partial charge in [0, 0.05) is 12.1 Å². The van der Waals surface area contributed by atoms with Crippen molar-refractivity contribution in [2.75, 3.05) is 7.11 Å². The molecule has 0 saturated heterocycles. The van der Waals surface area contributed by atoms with E-state index < -0.39 is 0 Å². The van der Waals surface area contributed by atoms with E-state index >= 15 is 0 Å². The lowest BCUT2D eigenvalue weighted by atomic mass is 10.1. The molecule has 98 valence electrons. The first kappa shape index (κ1) is 14.5. The van der Waals surface area contributed by atoms with Crippen molar-refractivity contribution in [1.82, 2.24) is 5.32 Å². The number of methoxy groups -OCH3 is 1. The average Bonchev–Trinajstić information content (AvgIpc) is 2.39. The molecule has 0 amide bonds. The summed E-state index contributed by atoms with van der Waals surface area (Å²) in [6, 6.07) is 10.4. The van der Waals surface area contributed by atoms with E-state index in [0.717, 1.165) is 0 Å². The van der Waals surface area contributed by atoms with Crippen molar-refractivity contribution in [2.24, 2.45) is 0 Å². The summed E-state index contributed by atoms with van der Waals surface area (Å²) in [4.78, 5) is 11.3. The van der Waals surface area contributed by atoms with Gasteiger partial charge in [-0.3, -0.25) is 4.79 Å². The number of carbonyl (C=O) groups is 1. The molecule has 2 atom stereocenters. The lowest BCUT2D eigenvalue weighted by Gasteiger charge is -2.20. The fourth-order valence-electron chi connectivity index (χ4n) is 1.84. The molecular formula is C15H21NO2. The molecule has 1 rings (SSSR count). The minimum atomic E-state index is -0.203. The number of nitrogens with one attached hydrogen (secondary N) is 1. The van der Waals surface area contributed by atoms with Gasteiger partial charge in [0.1, 0.15) is 0 Å². The quantitative estimate of drug-likeness (QED) is 0.620. The fourth-order valence-corrected chi connectivity index (χ4v) is 1.84. The Labute approximate surface area is 109 Å². The summed E-state index contributed by atoms with van der Waals surface area (Å²) in [5.41, 5.74) is 1.21. The van der Waals surface area contributed by atoms with Crippen LogP contribution in [0.25, 0.3) is 0 Å². The van der Waals surface area contributed by atoms with Gasteiger partial charge in [0.2, 0.25) is 0 Å². The summed E-state index contributed by atoms with van der Waals surface area (Å²) in [7, 11) is 1.41. The van der Waals surface area contributed by atoms with Crippen molar-refractivity contribution in [3.63, 3.8) is 0 Å². The Bertz CT molecular complexity index is 387. The second-order valence-electron chi connectivity index (χ2n) is 4.21. The molecule has 0 aromatic heterocycles. The summed E-state index contributed by atoms with van der Waals surface area (Å²) in [5.74, 6) is -0.203. The van der Waals surface area contributed by atoms with E-state index in [1.165, 1.54) is 12.7 Å². The van der Waals surface area contributed by atoms with Gasteiger partial charge in [0.25, 0.3) is 0 Å². The van der Waals surface area contributed by atoms with Gasteiger partial charge >= 0.3 is 5.97 Å². The number of ether oxygens (including phenoxy) is 1. The Morgan fingerprint density at radius 2 is 2.06 bits per heavy atom. The summed E-state index contributed by atoms with van der Waals surface area (Å²) >= 11 is 0. The van der Waals surface area contributed by atoms with E-state index in [4.69, 9.17) is 4.74 Å². The van der Waals surface area contributed by atoms with Crippen LogP contribution in [0.5, 0.6) is 0 Å². The molecule has 0 bridgehead atoms. The minimum absolute atomic E-state index is 0.00217. The second-order valence-corrected chi connectivity index (χ2v) is 4.21. The minimum Gasteiger partial charge on any atom is -0.469 e. The van der Waals surface area contributed by atoms with E-state index in [9.17, 15) is 4.79 Å². The normalized spacial score (nSPS) is 14.4. The van der Waals surface area contributed by atoms with Crippen LogP contribution in [0, 0.1) is 0 Å². The molecule has 3 heteroatoms. The van der Waals surface area contributed by atoms with Gasteiger partial charge in [0.15, 0.2) is 0 Å². The third-order valence-corrected chi connectivity index (χ3v) is 2.80. The highest BCUT2D eigenvalue weighted by molar-refractivity contribution is 5.70. The first-order chi connectivity index (χ1) is 8.67. The Balaban J connectivity index is 2.63. The number of allylic oxidation sites excluding steroid dienone is 1. The molecule has 0 saturated carbocycles. The third kappa shape index (κ3) is 4.72. The molecule has 1 aromatic carbocycles. The molecule has 1 unspecified atom stereocenters. The monoisotopic (exact) mass is 247 g/mol. The van der Waals surface area contributed by atoms with Crippen molar-refractivity contribution in [3.05, 3.63) is 48.0 Å². The molecule has 0 aliphatic heterocycles. The molecule has 1 N–H and O–H groups in total. The lowest BCUT2D eigenvalue weighted by Crippen LogP contribution is -2.32. The Morgan fingerprint density at radius 1 is 1.39 bits per heavy atom. The van der Waals surface area contributed by atoms with Crippen LogP contribution >= 0.6 is 0 Å². The largest absolute Gasteiger partial charge is 0.469 e. The van der Waals surface area contributed by atoms with Gasteiger partial charge < -0.3 is 10.1 Å². The first-order valence-corrected chi connectivity index (χ1v) is 6.18. The van der Waals surface area contributed by atoms with E-state index in [1.54, 1.807) is 0 Å². The molecule has 0 heterocycles. The molecular weight excluding hydrogens is 226 g/mol. The van der Waals surface area contributed by atoms with Gasteiger partial charge in [-0.2, -0.15) is 0 Å². The molecule has 0 aliphatic carbocycles. The molecule has 0 spiro atoms. The molecule has 3 nitrogen and oxygen atoms in total. The van der Waals surface area contributed by atoms with E-state index in [2.05, 4.69) is 24.4 Å². The molecule has 1 aromatic rings. The van der Waals surface area contributed by atoms with E-state index in [0.29, 0.717) is 6.42 Å². The van der Waals surface area contributed by atoms with Crippen molar-refractivity contribution in [1.29, 1.82) is 0 Å². The number of benzene rings is 1. The molecule has 0 aliphatic rings. The Morgan fingerprint density at radius 3 is 2.61 bits per heavy atom. The van der Waals surface area contributed by atoms with Gasteiger partial charge in [-0.1, -0.05) is 42.5 Å². The number of hydrogen-bond donors (Lipinski definition) is 1. The van der Waals surface area contributed by atoms with Crippen LogP contribution < -0.4 is 5.32 Å². The number of carbonyl (C=O) groups excluding carboxylic acids is 1. The smallest absolute Gasteiger partial charge is 0.307 e. The highest BCUT2D eigenvalue weighted by atomic mass is 16.5. The highest BCUT2D eigenvalue weighted by Crippen LogP contribution is 2.13. The predicted molar refractivity (Wildman–Crippen MR) is 73.2 cm³/mol. The standard InChI is InChI=1S/C15H21NO2/c1-4-8-14(11-15(17)18-3)16-12(2)13-9-6-5-7-10-13/h4-10,12,14,16H,11H2,1-3H3/t12-,14?/m0/s1. The number of esters is 1. The van der Waals surface area contributed by atoms with Crippen LogP contribution in [0.2, 0.25) is 0 Å². The van der Waals surface area contributed by atoms with Gasteiger partial charge in [-0.25, -0.2) is 0 Å². The van der Waals surface area contributed by atoms with Crippen molar-refractivity contribution >= 4 is 5.97 Å². The fraction of sp³-hybridized carbons (Fsp3) is 0.400. The maximum atomic E-state index is 11.3. The summed E-state index contributed by atoms with van der Waals surface area (Å²) < 4.78 is 4.70. The third-order valence-electron chi connectivity index (χ3n) is 2.80. The molecule has 18 heavy (non-hydrogen) atoms. The Kier molecular flexibility index (Phi) is 6.15. The van der Waals surface area contributed by atoms with Crippen LogP contribution in [0.4, 0.5) is 0 Å². The highest BCUT2D eigenvalue weighted by Gasteiger charge is 2.14. The zero-order valence-electron chi connectivity index (χ0n) is 11.2. The van der Waals surface area contributed by atoms with Crippen LogP contribution in [0.3, 0.4) is 0 Å². The van der Waals surface area contributed by atoms with Gasteiger partial charge in [0.05, 0.1) is 13.5 Å². The van der Waals surface area contributed by atoms with Crippen LogP contribution in [-0.4, -0.2) is 19.1 Å². The number of hydrogen-bond acceptors (Lipinski definition) is 3. The van der Waals surface area contributed by atoms with Gasteiger partial charge in [-0.15, -0.1) is 0 Å². The van der Waals surface area contributed by atoms with E-state index in [1.807, 2.05) is 37.3 Å². The SMILES string of the molecule is CC=CC(CC(=O)OC)N[C@@H](C)c1ccccc1. The maximum Gasteiger partial charge on any atom is 0.307 e. The second kappa shape index (κ2) is 7.67. The maximum absolute atomic E-state index is 11.3. The van der Waals surface area contributed by atoms with Crippen LogP contribution in [-0.2, 0) is 9.53 Å². The van der Waals surface area contributed by atoms with Crippen LogP contribution in [0.1, 0.15) is 31.9 Å². The summed E-state index contributed by atoms with van der Waals surface area (Å²) in [5, 5.41) is 3.41.